The van der Waals surface area contributed by atoms with E-state index in [2.05, 4.69) is 25.2 Å². The highest BCUT2D eigenvalue weighted by atomic mass is 79.9. The van der Waals surface area contributed by atoms with Crippen LogP contribution in [0, 0.1) is 0 Å². The fraction of sp³-hybridized carbons (Fsp3) is 0.600. The lowest BCUT2D eigenvalue weighted by Gasteiger charge is -2.40. The highest BCUT2D eigenvalue weighted by Gasteiger charge is 2.45. The number of hydrogen-bond acceptors (Lipinski definition) is 5. The van der Waals surface area contributed by atoms with E-state index in [9.17, 15) is 13.5 Å². The molecule has 5 nitrogen and oxygen atoms in total. The van der Waals surface area contributed by atoms with Crippen LogP contribution in [0.25, 0.3) is 0 Å². The van der Waals surface area contributed by atoms with Crippen molar-refractivity contribution in [2.75, 3.05) is 13.2 Å². The number of hydrogen-bond donors (Lipinski definition) is 1. The summed E-state index contributed by atoms with van der Waals surface area (Å²) in [6.07, 6.45) is -1.10. The molecule has 1 aromatic carbocycles. The van der Waals surface area contributed by atoms with Crippen LogP contribution in [0.15, 0.2) is 33.6 Å². The van der Waals surface area contributed by atoms with E-state index in [-0.39, 0.29) is 29.9 Å². The van der Waals surface area contributed by atoms with Crippen LogP contribution in [0.5, 0.6) is 0 Å². The second-order valence-electron chi connectivity index (χ2n) is 5.82. The van der Waals surface area contributed by atoms with Crippen molar-refractivity contribution in [1.29, 1.82) is 0 Å². The van der Waals surface area contributed by atoms with Crippen molar-refractivity contribution in [3.8, 4) is 0 Å². The maximum Gasteiger partial charge on any atom is 0.184 e. The number of aliphatic hydroxyl groups excluding tert-OH is 1. The fourth-order valence-electron chi connectivity index (χ4n) is 2.63. The van der Waals surface area contributed by atoms with Crippen molar-refractivity contribution in [2.45, 2.75) is 48.0 Å². The maximum atomic E-state index is 12.9. The minimum Gasteiger partial charge on any atom is -0.394 e. The Morgan fingerprint density at radius 3 is 2.52 bits per heavy atom. The Bertz CT molecular complexity index is 619. The average Bonchev–Trinajstić information content (AvgIpc) is 2.49. The van der Waals surface area contributed by atoms with Crippen LogP contribution >= 0.6 is 25.2 Å². The summed E-state index contributed by atoms with van der Waals surface area (Å²) < 4.78 is 38.0. The zero-order valence-corrected chi connectivity index (χ0v) is 16.6. The summed E-state index contributed by atoms with van der Waals surface area (Å²) in [7, 11) is -0.987. The van der Waals surface area contributed by atoms with Crippen molar-refractivity contribution in [1.82, 2.24) is 0 Å². The minimum absolute atomic E-state index is 0.0374. The predicted molar refractivity (Wildman–Crippen MR) is 95.4 cm³/mol. The lowest BCUT2D eigenvalue weighted by atomic mass is 10.0. The van der Waals surface area contributed by atoms with Crippen molar-refractivity contribution in [3.63, 3.8) is 0 Å². The smallest absolute Gasteiger partial charge is 0.184 e. The summed E-state index contributed by atoms with van der Waals surface area (Å²) in [6, 6.07) is 6.56. The number of halogens is 1. The lowest BCUT2D eigenvalue weighted by Crippen LogP contribution is -2.55. The van der Waals surface area contributed by atoms with Gasteiger partial charge in [0.15, 0.2) is 9.84 Å². The number of aliphatic hydroxyl groups is 1. The van der Waals surface area contributed by atoms with Crippen molar-refractivity contribution >= 4 is 35.0 Å². The Kier molecular flexibility index (Phi) is 6.62. The molecule has 1 aliphatic heterocycles. The first-order valence-electron chi connectivity index (χ1n) is 7.40. The molecule has 0 radical (unpaired) electrons. The summed E-state index contributed by atoms with van der Waals surface area (Å²) >= 11 is 3.30. The molecule has 1 heterocycles. The Labute approximate surface area is 148 Å². The van der Waals surface area contributed by atoms with Gasteiger partial charge in [-0.2, -0.15) is 0 Å². The molecule has 3 unspecified atom stereocenters. The Hall–Kier alpha value is -0.0400. The van der Waals surface area contributed by atoms with Crippen LogP contribution in [-0.4, -0.2) is 56.0 Å². The summed E-state index contributed by atoms with van der Waals surface area (Å²) in [5.41, 5.74) is -0.364. The van der Waals surface area contributed by atoms with E-state index in [1.165, 1.54) is 0 Å². The van der Waals surface area contributed by atoms with E-state index in [4.69, 9.17) is 9.47 Å². The quantitative estimate of drug-likeness (QED) is 0.731. The van der Waals surface area contributed by atoms with Gasteiger partial charge in [0.05, 0.1) is 35.6 Å². The van der Waals surface area contributed by atoms with E-state index in [1.54, 1.807) is 24.3 Å². The molecule has 130 valence electrons. The molecule has 2 rings (SSSR count). The molecule has 0 amide bonds. The molecule has 0 saturated carbocycles. The monoisotopic (exact) mass is 424 g/mol. The summed E-state index contributed by atoms with van der Waals surface area (Å²) in [4.78, 5) is 0.257. The largest absolute Gasteiger partial charge is 0.394 e. The van der Waals surface area contributed by atoms with Gasteiger partial charge in [0, 0.05) is 10.1 Å². The molecule has 8 heteroatoms. The van der Waals surface area contributed by atoms with Gasteiger partial charge < -0.3 is 14.6 Å². The minimum atomic E-state index is -3.56. The Morgan fingerprint density at radius 2 is 2.00 bits per heavy atom. The van der Waals surface area contributed by atoms with Gasteiger partial charge in [0.25, 0.3) is 0 Å². The van der Waals surface area contributed by atoms with Crippen molar-refractivity contribution in [2.24, 2.45) is 0 Å². The summed E-state index contributed by atoms with van der Waals surface area (Å²) in [5, 5.41) is 8.72. The van der Waals surface area contributed by atoms with Crippen molar-refractivity contribution < 1.29 is 23.0 Å². The van der Waals surface area contributed by atoms with Crippen LogP contribution < -0.4 is 0 Å². The highest BCUT2D eigenvalue weighted by Crippen LogP contribution is 2.33. The molecule has 5 atom stereocenters. The van der Waals surface area contributed by atoms with Gasteiger partial charge >= 0.3 is 0 Å². The number of ether oxygens (including phenoxy) is 2. The Morgan fingerprint density at radius 1 is 1.39 bits per heavy atom. The first-order chi connectivity index (χ1) is 10.8. The summed E-state index contributed by atoms with van der Waals surface area (Å²) in [5.74, 6) is 0. The van der Waals surface area contributed by atoms with E-state index in [1.807, 2.05) is 13.8 Å². The van der Waals surface area contributed by atoms with Gasteiger partial charge in [0.1, 0.15) is 6.10 Å². The third kappa shape index (κ3) is 4.33. The number of rotatable bonds is 5. The van der Waals surface area contributed by atoms with Crippen LogP contribution in [0.2, 0.25) is 0 Å². The van der Waals surface area contributed by atoms with Gasteiger partial charge in [-0.05, 0) is 38.1 Å². The SMILES string of the molecule is CC(C)O[C@@H]1C(CO)OCC(S(=O)(=O)c2ccc(Br)cc2)[C@@H]1P. The van der Waals surface area contributed by atoms with Crippen LogP contribution in [0.3, 0.4) is 0 Å². The van der Waals surface area contributed by atoms with E-state index in [0.717, 1.165) is 4.47 Å². The molecule has 0 bridgehead atoms. The molecule has 0 aliphatic carbocycles. The molecule has 23 heavy (non-hydrogen) atoms. The van der Waals surface area contributed by atoms with E-state index >= 15 is 0 Å². The van der Waals surface area contributed by atoms with Gasteiger partial charge in [-0.3, -0.25) is 0 Å². The van der Waals surface area contributed by atoms with Crippen LogP contribution in [-0.2, 0) is 19.3 Å². The summed E-state index contributed by atoms with van der Waals surface area (Å²) in [6.45, 7) is 3.58. The second kappa shape index (κ2) is 7.89. The fourth-order valence-corrected chi connectivity index (χ4v) is 5.65. The number of benzene rings is 1. The molecule has 1 N–H and O–H groups in total. The standard InChI is InChI=1S/C15H22BrO5PS/c1-9(2)21-14-12(7-17)20-8-13(15(14)22)23(18,19)11-5-3-10(16)4-6-11/h3-6,9,12-15,17H,7-8,22H2,1-2H3/t12?,13?,14-,15+/m1/s1. The molecule has 1 saturated heterocycles. The molecule has 0 aromatic heterocycles. The Balaban J connectivity index is 2.29. The topological polar surface area (TPSA) is 72.8 Å². The predicted octanol–water partition coefficient (Wildman–Crippen LogP) is 2.02. The van der Waals surface area contributed by atoms with Crippen LogP contribution in [0.4, 0.5) is 0 Å². The van der Waals surface area contributed by atoms with Gasteiger partial charge in [-0.15, -0.1) is 9.24 Å². The molecule has 1 aliphatic rings. The highest BCUT2D eigenvalue weighted by molar-refractivity contribution is 9.10. The van der Waals surface area contributed by atoms with Gasteiger partial charge in [-0.1, -0.05) is 15.9 Å². The second-order valence-corrected chi connectivity index (χ2v) is 9.67. The van der Waals surface area contributed by atoms with E-state index < -0.39 is 27.3 Å². The molecule has 0 spiro atoms. The average molecular weight is 425 g/mol. The third-order valence-corrected chi connectivity index (χ3v) is 7.63. The number of sulfone groups is 1. The van der Waals surface area contributed by atoms with Crippen molar-refractivity contribution in [3.05, 3.63) is 28.7 Å². The first-order valence-corrected chi connectivity index (χ1v) is 10.4. The van der Waals surface area contributed by atoms with E-state index in [0.29, 0.717) is 0 Å². The zero-order valence-electron chi connectivity index (χ0n) is 13.1. The van der Waals surface area contributed by atoms with Crippen LogP contribution in [0.1, 0.15) is 13.8 Å². The normalized spacial score (nSPS) is 29.0. The van der Waals surface area contributed by atoms with Gasteiger partial charge in [-0.25, -0.2) is 8.42 Å². The molecule has 1 fully saturated rings. The maximum absolute atomic E-state index is 12.9. The first kappa shape index (κ1) is 19.3. The molecule has 1 aromatic rings. The van der Waals surface area contributed by atoms with Gasteiger partial charge in [0.2, 0.25) is 0 Å². The lowest BCUT2D eigenvalue weighted by molar-refractivity contribution is -0.131. The molecular formula is C15H22BrO5PS. The molecular weight excluding hydrogens is 403 g/mol. The zero-order chi connectivity index (χ0) is 17.2. The third-order valence-electron chi connectivity index (χ3n) is 3.80.